The van der Waals surface area contributed by atoms with Crippen molar-refractivity contribution < 1.29 is 14.3 Å². The van der Waals surface area contributed by atoms with Crippen LogP contribution in [0.5, 0.6) is 5.75 Å². The molecule has 1 aromatic rings. The smallest absolute Gasteiger partial charge is 0.262 e. The molecule has 0 fully saturated rings. The second-order valence-electron chi connectivity index (χ2n) is 3.13. The summed E-state index contributed by atoms with van der Waals surface area (Å²) in [6.07, 6.45) is 0. The van der Waals surface area contributed by atoms with Gasteiger partial charge in [0, 0.05) is 12.6 Å². The number of fused-ring (bicyclic) bond motifs is 1. The van der Waals surface area contributed by atoms with Gasteiger partial charge in [0.05, 0.1) is 5.69 Å². The molecular formula is C10H10N2O3. The number of rotatable bonds is 1. The van der Waals surface area contributed by atoms with Crippen molar-refractivity contribution in [2.75, 3.05) is 19.0 Å². The largest absolute Gasteiger partial charge is 0.482 e. The van der Waals surface area contributed by atoms with Crippen molar-refractivity contribution in [3.8, 4) is 5.75 Å². The molecule has 0 saturated heterocycles. The summed E-state index contributed by atoms with van der Waals surface area (Å²) in [6, 6.07) is 4.90. The zero-order valence-electron chi connectivity index (χ0n) is 8.16. The second kappa shape index (κ2) is 3.61. The Bertz CT molecular complexity index is 429. The molecule has 0 radical (unpaired) electrons. The van der Waals surface area contributed by atoms with Crippen LogP contribution >= 0.6 is 0 Å². The maximum absolute atomic E-state index is 11.3. The number of benzene rings is 1. The molecule has 0 bridgehead atoms. The molecule has 5 nitrogen and oxygen atoms in total. The van der Waals surface area contributed by atoms with E-state index in [1.54, 1.807) is 25.2 Å². The van der Waals surface area contributed by atoms with Gasteiger partial charge in [0.1, 0.15) is 5.75 Å². The van der Waals surface area contributed by atoms with Gasteiger partial charge in [-0.3, -0.25) is 9.59 Å². The highest BCUT2D eigenvalue weighted by Crippen LogP contribution is 2.28. The molecule has 2 rings (SSSR count). The van der Waals surface area contributed by atoms with Gasteiger partial charge < -0.3 is 15.4 Å². The molecule has 1 aliphatic heterocycles. The Hall–Kier alpha value is -2.04. The fourth-order valence-corrected chi connectivity index (χ4v) is 1.37. The van der Waals surface area contributed by atoms with E-state index in [0.29, 0.717) is 17.0 Å². The van der Waals surface area contributed by atoms with E-state index < -0.39 is 0 Å². The van der Waals surface area contributed by atoms with E-state index in [0.717, 1.165) is 0 Å². The molecule has 5 heteroatoms. The third-order valence-corrected chi connectivity index (χ3v) is 2.10. The lowest BCUT2D eigenvalue weighted by atomic mass is 10.1. The predicted octanol–water partition coefficient (Wildman–Crippen LogP) is 0.377. The number of carbonyl (C=O) groups excluding carboxylic acids is 2. The molecule has 0 aliphatic carbocycles. The van der Waals surface area contributed by atoms with Crippen molar-refractivity contribution in [3.63, 3.8) is 0 Å². The predicted molar refractivity (Wildman–Crippen MR) is 54.0 cm³/mol. The molecule has 0 spiro atoms. The summed E-state index contributed by atoms with van der Waals surface area (Å²) in [5.41, 5.74) is 1.02. The van der Waals surface area contributed by atoms with Crippen LogP contribution in [0.1, 0.15) is 10.4 Å². The number of carbonyl (C=O) groups is 2. The lowest BCUT2D eigenvalue weighted by Crippen LogP contribution is -2.26. The normalized spacial score (nSPS) is 13.5. The van der Waals surface area contributed by atoms with E-state index in [-0.39, 0.29) is 18.4 Å². The van der Waals surface area contributed by atoms with Crippen molar-refractivity contribution in [2.45, 2.75) is 0 Å². The van der Waals surface area contributed by atoms with Gasteiger partial charge in [0.2, 0.25) is 0 Å². The van der Waals surface area contributed by atoms with E-state index in [4.69, 9.17) is 4.74 Å². The van der Waals surface area contributed by atoms with Gasteiger partial charge in [-0.15, -0.1) is 0 Å². The van der Waals surface area contributed by atoms with Crippen LogP contribution < -0.4 is 15.4 Å². The number of anilines is 1. The topological polar surface area (TPSA) is 67.4 Å². The van der Waals surface area contributed by atoms with Gasteiger partial charge in [-0.05, 0) is 18.2 Å². The van der Waals surface area contributed by atoms with Crippen LogP contribution in [-0.2, 0) is 4.79 Å². The van der Waals surface area contributed by atoms with Crippen molar-refractivity contribution in [1.82, 2.24) is 5.32 Å². The molecule has 0 atom stereocenters. The van der Waals surface area contributed by atoms with E-state index >= 15 is 0 Å². The van der Waals surface area contributed by atoms with Crippen molar-refractivity contribution in [1.29, 1.82) is 0 Å². The third-order valence-electron chi connectivity index (χ3n) is 2.10. The summed E-state index contributed by atoms with van der Waals surface area (Å²) in [5.74, 6) is 0.177. The first-order valence-electron chi connectivity index (χ1n) is 4.49. The summed E-state index contributed by atoms with van der Waals surface area (Å²) in [6.45, 7) is 0.0202. The second-order valence-corrected chi connectivity index (χ2v) is 3.13. The number of nitrogens with one attached hydrogen (secondary N) is 2. The molecule has 0 unspecified atom stereocenters. The first-order chi connectivity index (χ1) is 7.20. The number of hydrogen-bond acceptors (Lipinski definition) is 3. The van der Waals surface area contributed by atoms with Crippen LogP contribution in [-0.4, -0.2) is 25.5 Å². The number of hydrogen-bond donors (Lipinski definition) is 2. The SMILES string of the molecule is CNC(=O)c1ccc2c(c1)NC(=O)CO2. The molecule has 1 aromatic carbocycles. The van der Waals surface area contributed by atoms with Crippen LogP contribution in [0.15, 0.2) is 18.2 Å². The van der Waals surface area contributed by atoms with Crippen LogP contribution in [0.4, 0.5) is 5.69 Å². The quantitative estimate of drug-likeness (QED) is 0.697. The third kappa shape index (κ3) is 1.76. The Morgan fingerprint density at radius 1 is 1.53 bits per heavy atom. The van der Waals surface area contributed by atoms with Gasteiger partial charge in [-0.1, -0.05) is 0 Å². The Morgan fingerprint density at radius 3 is 3.07 bits per heavy atom. The van der Waals surface area contributed by atoms with E-state index in [1.807, 2.05) is 0 Å². The Balaban J connectivity index is 2.36. The number of amides is 2. The van der Waals surface area contributed by atoms with E-state index in [2.05, 4.69) is 10.6 Å². The monoisotopic (exact) mass is 206 g/mol. The Labute approximate surface area is 86.4 Å². The molecule has 2 N–H and O–H groups in total. The highest BCUT2D eigenvalue weighted by molar-refractivity contribution is 5.99. The van der Waals surface area contributed by atoms with Gasteiger partial charge in [0.25, 0.3) is 11.8 Å². The molecule has 15 heavy (non-hydrogen) atoms. The highest BCUT2D eigenvalue weighted by Gasteiger charge is 2.17. The summed E-state index contributed by atoms with van der Waals surface area (Å²) in [7, 11) is 1.55. The van der Waals surface area contributed by atoms with E-state index in [1.165, 1.54) is 0 Å². The summed E-state index contributed by atoms with van der Waals surface area (Å²) < 4.78 is 5.16. The standard InChI is InChI=1S/C10H10N2O3/c1-11-10(14)6-2-3-8-7(4-6)12-9(13)5-15-8/h2-4H,5H2,1H3,(H,11,14)(H,12,13). The molecule has 1 heterocycles. The summed E-state index contributed by atoms with van der Waals surface area (Å²) >= 11 is 0. The summed E-state index contributed by atoms with van der Waals surface area (Å²) in [4.78, 5) is 22.4. The fraction of sp³-hybridized carbons (Fsp3) is 0.200. The van der Waals surface area contributed by atoms with Crippen molar-refractivity contribution in [2.24, 2.45) is 0 Å². The van der Waals surface area contributed by atoms with Crippen LogP contribution in [0.3, 0.4) is 0 Å². The van der Waals surface area contributed by atoms with Crippen LogP contribution in [0.2, 0.25) is 0 Å². The highest BCUT2D eigenvalue weighted by atomic mass is 16.5. The maximum Gasteiger partial charge on any atom is 0.262 e. The molecule has 1 aliphatic rings. The molecule has 78 valence electrons. The first-order valence-corrected chi connectivity index (χ1v) is 4.49. The van der Waals surface area contributed by atoms with Crippen molar-refractivity contribution >= 4 is 17.5 Å². The molecular weight excluding hydrogens is 196 g/mol. The Morgan fingerprint density at radius 2 is 2.33 bits per heavy atom. The zero-order valence-corrected chi connectivity index (χ0v) is 8.16. The number of ether oxygens (including phenoxy) is 1. The van der Waals surface area contributed by atoms with Gasteiger partial charge in [0.15, 0.2) is 6.61 Å². The minimum absolute atomic E-state index is 0.0202. The lowest BCUT2D eigenvalue weighted by molar-refractivity contribution is -0.118. The van der Waals surface area contributed by atoms with Gasteiger partial charge >= 0.3 is 0 Å². The average Bonchev–Trinajstić information content (AvgIpc) is 2.27. The lowest BCUT2D eigenvalue weighted by Gasteiger charge is -2.18. The first kappa shape index (κ1) is 9.51. The molecule has 0 saturated carbocycles. The minimum Gasteiger partial charge on any atom is -0.482 e. The van der Waals surface area contributed by atoms with Crippen molar-refractivity contribution in [3.05, 3.63) is 23.8 Å². The molecule has 0 aromatic heterocycles. The summed E-state index contributed by atoms with van der Waals surface area (Å²) in [5, 5.41) is 5.14. The Kier molecular flexibility index (Phi) is 2.29. The zero-order chi connectivity index (χ0) is 10.8. The minimum atomic E-state index is -0.212. The van der Waals surface area contributed by atoms with Crippen LogP contribution in [0.25, 0.3) is 0 Å². The molecule has 2 amide bonds. The fourth-order valence-electron chi connectivity index (χ4n) is 1.37. The maximum atomic E-state index is 11.3. The van der Waals surface area contributed by atoms with Crippen LogP contribution in [0, 0.1) is 0 Å². The average molecular weight is 206 g/mol. The van der Waals surface area contributed by atoms with E-state index in [9.17, 15) is 9.59 Å². The van der Waals surface area contributed by atoms with Gasteiger partial charge in [-0.2, -0.15) is 0 Å². The van der Waals surface area contributed by atoms with Gasteiger partial charge in [-0.25, -0.2) is 0 Å².